The van der Waals surface area contributed by atoms with Crippen molar-refractivity contribution in [2.24, 2.45) is 0 Å². The zero-order chi connectivity index (χ0) is 16.4. The highest BCUT2D eigenvalue weighted by Crippen LogP contribution is 2.17. The normalized spacial score (nSPS) is 15.2. The third-order valence-electron chi connectivity index (χ3n) is 4.36. The van der Waals surface area contributed by atoms with Crippen molar-refractivity contribution in [1.29, 1.82) is 0 Å². The van der Waals surface area contributed by atoms with Gasteiger partial charge in [0.15, 0.2) is 4.96 Å². The van der Waals surface area contributed by atoms with Gasteiger partial charge in [0.05, 0.1) is 0 Å². The maximum absolute atomic E-state index is 12.3. The monoisotopic (exact) mass is 340 g/mol. The smallest absolute Gasteiger partial charge is 0.263 e. The van der Waals surface area contributed by atoms with Crippen LogP contribution in [-0.4, -0.2) is 33.3 Å². The molecule has 1 fully saturated rings. The molecule has 3 aromatic rings. The zero-order valence-electron chi connectivity index (χ0n) is 13.4. The second-order valence-corrected chi connectivity index (χ2v) is 7.21. The van der Waals surface area contributed by atoms with Crippen LogP contribution in [0.1, 0.15) is 33.6 Å². The molecule has 2 aromatic heterocycles. The Morgan fingerprint density at radius 2 is 2.08 bits per heavy atom. The molecule has 0 radical (unpaired) electrons. The number of hydrogen-bond donors (Lipinski definition) is 1. The first-order valence-electron chi connectivity index (χ1n) is 8.29. The molecule has 124 valence electrons. The molecular weight excluding hydrogens is 320 g/mol. The maximum Gasteiger partial charge on any atom is 0.263 e. The van der Waals surface area contributed by atoms with Gasteiger partial charge in [0.1, 0.15) is 4.88 Å². The van der Waals surface area contributed by atoms with E-state index in [9.17, 15) is 4.79 Å². The second kappa shape index (κ2) is 6.75. The summed E-state index contributed by atoms with van der Waals surface area (Å²) in [6.07, 6.45) is 8.02. The first-order chi connectivity index (χ1) is 11.8. The van der Waals surface area contributed by atoms with Gasteiger partial charge in [-0.15, -0.1) is 0 Å². The van der Waals surface area contributed by atoms with E-state index in [4.69, 9.17) is 0 Å². The zero-order valence-corrected chi connectivity index (χ0v) is 14.3. The first-order valence-corrected chi connectivity index (χ1v) is 9.10. The molecule has 4 rings (SSSR count). The van der Waals surface area contributed by atoms with E-state index >= 15 is 0 Å². The van der Waals surface area contributed by atoms with Crippen LogP contribution in [-0.2, 0) is 13.1 Å². The molecule has 3 heterocycles. The number of benzene rings is 1. The van der Waals surface area contributed by atoms with Crippen molar-refractivity contribution in [3.05, 3.63) is 58.9 Å². The molecule has 5 nitrogen and oxygen atoms in total. The Balaban J connectivity index is 1.38. The van der Waals surface area contributed by atoms with E-state index in [-0.39, 0.29) is 5.91 Å². The minimum atomic E-state index is -0.0459. The highest BCUT2D eigenvalue weighted by molar-refractivity contribution is 7.18. The highest BCUT2D eigenvalue weighted by Gasteiger charge is 2.13. The molecule has 1 amide bonds. The number of imidazole rings is 1. The first kappa shape index (κ1) is 15.4. The van der Waals surface area contributed by atoms with Gasteiger partial charge in [-0.3, -0.25) is 14.1 Å². The van der Waals surface area contributed by atoms with Crippen molar-refractivity contribution < 1.29 is 4.79 Å². The predicted molar refractivity (Wildman–Crippen MR) is 95.2 cm³/mol. The molecule has 6 heteroatoms. The molecule has 0 saturated carbocycles. The van der Waals surface area contributed by atoms with Gasteiger partial charge in [-0.25, -0.2) is 4.98 Å². The Bertz CT molecular complexity index is 819. The molecule has 1 aliphatic heterocycles. The van der Waals surface area contributed by atoms with Crippen molar-refractivity contribution in [2.45, 2.75) is 25.9 Å². The minimum Gasteiger partial charge on any atom is -0.347 e. The molecule has 0 bridgehead atoms. The van der Waals surface area contributed by atoms with Crippen LogP contribution in [0.4, 0.5) is 0 Å². The third kappa shape index (κ3) is 3.34. The number of amides is 1. The predicted octanol–water partition coefficient (Wildman–Crippen LogP) is 2.92. The fourth-order valence-corrected chi connectivity index (χ4v) is 4.00. The van der Waals surface area contributed by atoms with Crippen LogP contribution < -0.4 is 5.32 Å². The van der Waals surface area contributed by atoms with Gasteiger partial charge in [-0.2, -0.15) is 0 Å². The standard InChI is InChI=1S/C18H20N4OS/c23-17(16-13-22-9-6-19-18(22)24-16)20-11-14-4-3-5-15(10-14)12-21-7-1-2-8-21/h3-6,9-10,13H,1-2,7-8,11-12H2,(H,20,23). The lowest BCUT2D eigenvalue weighted by atomic mass is 10.1. The van der Waals surface area contributed by atoms with Crippen LogP contribution >= 0.6 is 11.3 Å². The van der Waals surface area contributed by atoms with E-state index in [2.05, 4.69) is 39.5 Å². The number of aromatic nitrogens is 2. The van der Waals surface area contributed by atoms with Crippen molar-refractivity contribution >= 4 is 22.2 Å². The number of carbonyl (C=O) groups excluding carboxylic acids is 1. The lowest BCUT2D eigenvalue weighted by molar-refractivity contribution is 0.0954. The van der Waals surface area contributed by atoms with Crippen LogP contribution in [0.3, 0.4) is 0 Å². The van der Waals surface area contributed by atoms with Crippen LogP contribution in [0, 0.1) is 0 Å². The summed E-state index contributed by atoms with van der Waals surface area (Å²) < 4.78 is 1.87. The lowest BCUT2D eigenvalue weighted by Gasteiger charge is -2.15. The van der Waals surface area contributed by atoms with Crippen molar-refractivity contribution in [2.75, 3.05) is 13.1 Å². The molecule has 1 N–H and O–H groups in total. The number of hydrogen-bond acceptors (Lipinski definition) is 4. The highest BCUT2D eigenvalue weighted by atomic mass is 32.1. The van der Waals surface area contributed by atoms with E-state index in [1.54, 1.807) is 6.20 Å². The van der Waals surface area contributed by atoms with E-state index in [1.165, 1.54) is 42.8 Å². The summed E-state index contributed by atoms with van der Waals surface area (Å²) in [5.41, 5.74) is 2.46. The average Bonchev–Trinajstić information content (AvgIpc) is 3.29. The summed E-state index contributed by atoms with van der Waals surface area (Å²) in [5.74, 6) is -0.0459. The fourth-order valence-electron chi connectivity index (χ4n) is 3.14. The van der Waals surface area contributed by atoms with Gasteiger partial charge in [-0.05, 0) is 37.1 Å². The van der Waals surface area contributed by atoms with Crippen LogP contribution in [0.2, 0.25) is 0 Å². The number of likely N-dealkylation sites (tertiary alicyclic amines) is 1. The molecule has 24 heavy (non-hydrogen) atoms. The third-order valence-corrected chi connectivity index (χ3v) is 5.37. The number of carbonyl (C=O) groups is 1. The van der Waals surface area contributed by atoms with E-state index < -0.39 is 0 Å². The van der Waals surface area contributed by atoms with E-state index in [0.29, 0.717) is 11.4 Å². The Hall–Kier alpha value is -2.18. The van der Waals surface area contributed by atoms with Crippen LogP contribution in [0.25, 0.3) is 4.96 Å². The quantitative estimate of drug-likeness (QED) is 0.777. The molecule has 0 spiro atoms. The summed E-state index contributed by atoms with van der Waals surface area (Å²) >= 11 is 1.40. The summed E-state index contributed by atoms with van der Waals surface area (Å²) in [6.45, 7) is 3.94. The number of fused-ring (bicyclic) bond motifs is 1. The molecule has 1 aromatic carbocycles. The van der Waals surface area contributed by atoms with Gasteiger partial charge in [0.2, 0.25) is 0 Å². The summed E-state index contributed by atoms with van der Waals surface area (Å²) in [5, 5.41) is 3.00. The summed E-state index contributed by atoms with van der Waals surface area (Å²) in [4.78, 5) is 20.5. The Labute approximate surface area is 144 Å². The Morgan fingerprint density at radius 1 is 1.25 bits per heavy atom. The number of rotatable bonds is 5. The van der Waals surface area contributed by atoms with Crippen molar-refractivity contribution in [3.8, 4) is 0 Å². The molecule has 1 aliphatic rings. The topological polar surface area (TPSA) is 49.6 Å². The van der Waals surface area contributed by atoms with Crippen LogP contribution in [0.5, 0.6) is 0 Å². The largest absolute Gasteiger partial charge is 0.347 e. The minimum absolute atomic E-state index is 0.0459. The van der Waals surface area contributed by atoms with Crippen molar-refractivity contribution in [1.82, 2.24) is 19.6 Å². The summed E-state index contributed by atoms with van der Waals surface area (Å²) in [6, 6.07) is 8.50. The van der Waals surface area contributed by atoms with Crippen LogP contribution in [0.15, 0.2) is 42.9 Å². The van der Waals surface area contributed by atoms with E-state index in [1.807, 2.05) is 16.8 Å². The molecule has 0 unspecified atom stereocenters. The SMILES string of the molecule is O=C(NCc1cccc(CN2CCCC2)c1)c1cn2ccnc2s1. The van der Waals surface area contributed by atoms with Gasteiger partial charge < -0.3 is 5.32 Å². The van der Waals surface area contributed by atoms with Gasteiger partial charge in [0, 0.05) is 31.7 Å². The van der Waals surface area contributed by atoms with Gasteiger partial charge in [0.25, 0.3) is 5.91 Å². The average molecular weight is 340 g/mol. The number of thiazole rings is 1. The van der Waals surface area contributed by atoms with E-state index in [0.717, 1.165) is 17.1 Å². The second-order valence-electron chi connectivity index (χ2n) is 6.20. The number of nitrogens with zero attached hydrogens (tertiary/aromatic N) is 3. The molecule has 0 atom stereocenters. The van der Waals surface area contributed by atoms with Gasteiger partial charge in [-0.1, -0.05) is 35.6 Å². The molecular formula is C18H20N4OS. The number of nitrogens with one attached hydrogen (secondary N) is 1. The summed E-state index contributed by atoms with van der Waals surface area (Å²) in [7, 11) is 0. The van der Waals surface area contributed by atoms with Gasteiger partial charge >= 0.3 is 0 Å². The Morgan fingerprint density at radius 3 is 2.92 bits per heavy atom. The molecule has 0 aliphatic carbocycles. The maximum atomic E-state index is 12.3. The lowest BCUT2D eigenvalue weighted by Crippen LogP contribution is -2.22. The fraction of sp³-hybridized carbons (Fsp3) is 0.333. The molecule has 1 saturated heterocycles. The van der Waals surface area contributed by atoms with Crippen molar-refractivity contribution in [3.63, 3.8) is 0 Å². The Kier molecular flexibility index (Phi) is 4.32.